The number of halogens is 2. The second-order valence-corrected chi connectivity index (χ2v) is 4.62. The van der Waals surface area contributed by atoms with E-state index in [1.807, 2.05) is 0 Å². The number of nitrogens with one attached hydrogen (secondary N) is 1. The first-order valence-corrected chi connectivity index (χ1v) is 6.20. The molecule has 1 unspecified atom stereocenters. The quantitative estimate of drug-likeness (QED) is 0.771. The van der Waals surface area contributed by atoms with Gasteiger partial charge in [-0.3, -0.25) is 9.69 Å². The highest BCUT2D eigenvalue weighted by atomic mass is 19.3. The van der Waals surface area contributed by atoms with Gasteiger partial charge < -0.3 is 10.2 Å². The van der Waals surface area contributed by atoms with E-state index in [2.05, 4.69) is 5.32 Å². The number of carbonyl (C=O) groups excluding carboxylic acids is 1. The molecule has 2 heterocycles. The second-order valence-electron chi connectivity index (χ2n) is 4.62. The summed E-state index contributed by atoms with van der Waals surface area (Å²) in [6, 6.07) is -0.318. The Labute approximate surface area is 99.9 Å². The third-order valence-corrected chi connectivity index (χ3v) is 3.45. The Morgan fingerprint density at radius 2 is 2.00 bits per heavy atom. The summed E-state index contributed by atoms with van der Waals surface area (Å²) in [4.78, 5) is 15.6. The molecule has 0 aromatic rings. The molecule has 1 atom stereocenters. The van der Waals surface area contributed by atoms with E-state index in [0.29, 0.717) is 19.6 Å². The molecular formula is C11H19F2N3O. The lowest BCUT2D eigenvalue weighted by Gasteiger charge is -2.32. The number of alkyl halides is 2. The Morgan fingerprint density at radius 1 is 1.29 bits per heavy atom. The molecule has 2 aliphatic rings. The van der Waals surface area contributed by atoms with Crippen molar-refractivity contribution < 1.29 is 13.6 Å². The maximum atomic E-state index is 12.4. The zero-order valence-corrected chi connectivity index (χ0v) is 9.87. The van der Waals surface area contributed by atoms with Crippen molar-refractivity contribution in [2.24, 2.45) is 0 Å². The third kappa shape index (κ3) is 3.13. The van der Waals surface area contributed by atoms with Crippen LogP contribution in [0.15, 0.2) is 0 Å². The number of nitrogens with zero attached hydrogens (tertiary/aromatic N) is 2. The number of carbonyl (C=O) groups is 1. The maximum Gasteiger partial charge on any atom is 0.251 e. The largest absolute Gasteiger partial charge is 0.339 e. The number of piperazine rings is 1. The number of amides is 1. The van der Waals surface area contributed by atoms with Gasteiger partial charge in [0.1, 0.15) is 0 Å². The lowest BCUT2D eigenvalue weighted by atomic mass is 10.1. The van der Waals surface area contributed by atoms with Crippen molar-refractivity contribution in [2.75, 3.05) is 39.3 Å². The Kier molecular flexibility index (Phi) is 4.28. The van der Waals surface area contributed by atoms with Crippen LogP contribution in [0, 0.1) is 0 Å². The van der Waals surface area contributed by atoms with E-state index in [0.717, 1.165) is 25.9 Å². The predicted molar refractivity (Wildman–Crippen MR) is 60.0 cm³/mol. The van der Waals surface area contributed by atoms with Gasteiger partial charge in [-0.2, -0.15) is 0 Å². The van der Waals surface area contributed by atoms with Gasteiger partial charge in [-0.1, -0.05) is 0 Å². The average molecular weight is 247 g/mol. The fourth-order valence-corrected chi connectivity index (χ4v) is 2.60. The van der Waals surface area contributed by atoms with Crippen molar-refractivity contribution >= 4 is 5.91 Å². The zero-order chi connectivity index (χ0) is 12.3. The summed E-state index contributed by atoms with van der Waals surface area (Å²) in [6.45, 7) is 3.33. The van der Waals surface area contributed by atoms with Crippen LogP contribution in [-0.2, 0) is 4.79 Å². The molecule has 2 fully saturated rings. The molecule has 0 bridgehead atoms. The summed E-state index contributed by atoms with van der Waals surface area (Å²) >= 11 is 0. The van der Waals surface area contributed by atoms with Crippen molar-refractivity contribution in [1.29, 1.82) is 0 Å². The van der Waals surface area contributed by atoms with Crippen LogP contribution in [0.5, 0.6) is 0 Å². The minimum Gasteiger partial charge on any atom is -0.339 e. The van der Waals surface area contributed by atoms with Gasteiger partial charge in [-0.05, 0) is 19.4 Å². The predicted octanol–water partition coefficient (Wildman–Crippen LogP) is 0.148. The van der Waals surface area contributed by atoms with Crippen LogP contribution in [0.1, 0.15) is 12.8 Å². The Hall–Kier alpha value is -0.750. The first-order valence-electron chi connectivity index (χ1n) is 6.20. The fraction of sp³-hybridized carbons (Fsp3) is 0.909. The van der Waals surface area contributed by atoms with Gasteiger partial charge in [-0.25, -0.2) is 8.78 Å². The van der Waals surface area contributed by atoms with Crippen molar-refractivity contribution in [3.8, 4) is 0 Å². The van der Waals surface area contributed by atoms with Gasteiger partial charge in [0.2, 0.25) is 5.91 Å². The smallest absolute Gasteiger partial charge is 0.251 e. The van der Waals surface area contributed by atoms with Crippen LogP contribution in [-0.4, -0.2) is 67.4 Å². The maximum absolute atomic E-state index is 12.4. The summed E-state index contributed by atoms with van der Waals surface area (Å²) in [5, 5.41) is 3.18. The number of hydrogen-bond acceptors (Lipinski definition) is 3. The standard InChI is InChI=1S/C11H19F2N3O/c12-10(13)8-16-5-1-2-9(16)11(17)15-6-3-14-4-7-15/h9-10,14H,1-8H2. The zero-order valence-electron chi connectivity index (χ0n) is 9.87. The summed E-state index contributed by atoms with van der Waals surface area (Å²) in [5.41, 5.74) is 0. The third-order valence-electron chi connectivity index (χ3n) is 3.45. The molecule has 0 aliphatic carbocycles. The van der Waals surface area contributed by atoms with E-state index in [-0.39, 0.29) is 18.5 Å². The van der Waals surface area contributed by atoms with Crippen LogP contribution < -0.4 is 5.32 Å². The van der Waals surface area contributed by atoms with Gasteiger partial charge in [-0.15, -0.1) is 0 Å². The highest BCUT2D eigenvalue weighted by Gasteiger charge is 2.35. The molecule has 17 heavy (non-hydrogen) atoms. The van der Waals surface area contributed by atoms with E-state index in [1.54, 1.807) is 9.80 Å². The molecule has 0 aromatic carbocycles. The number of likely N-dealkylation sites (tertiary alicyclic amines) is 1. The van der Waals surface area contributed by atoms with E-state index in [4.69, 9.17) is 0 Å². The lowest BCUT2D eigenvalue weighted by Crippen LogP contribution is -2.53. The molecular weight excluding hydrogens is 228 g/mol. The van der Waals surface area contributed by atoms with Crippen LogP contribution >= 0.6 is 0 Å². The molecule has 0 spiro atoms. The van der Waals surface area contributed by atoms with Gasteiger partial charge >= 0.3 is 0 Å². The van der Waals surface area contributed by atoms with Gasteiger partial charge in [0.25, 0.3) is 6.43 Å². The fourth-order valence-electron chi connectivity index (χ4n) is 2.60. The molecule has 0 aromatic heterocycles. The van der Waals surface area contributed by atoms with Crippen LogP contribution in [0.25, 0.3) is 0 Å². The molecule has 0 radical (unpaired) electrons. The summed E-state index contributed by atoms with van der Waals surface area (Å²) in [5.74, 6) is 0.0321. The molecule has 4 nitrogen and oxygen atoms in total. The number of rotatable bonds is 3. The van der Waals surface area contributed by atoms with Crippen molar-refractivity contribution in [3.63, 3.8) is 0 Å². The lowest BCUT2D eigenvalue weighted by molar-refractivity contribution is -0.137. The average Bonchev–Trinajstić information content (AvgIpc) is 2.76. The highest BCUT2D eigenvalue weighted by Crippen LogP contribution is 2.20. The molecule has 98 valence electrons. The van der Waals surface area contributed by atoms with Gasteiger partial charge in [0.15, 0.2) is 0 Å². The van der Waals surface area contributed by atoms with E-state index >= 15 is 0 Å². The van der Waals surface area contributed by atoms with E-state index < -0.39 is 6.43 Å². The van der Waals surface area contributed by atoms with Crippen molar-refractivity contribution in [3.05, 3.63) is 0 Å². The second kappa shape index (κ2) is 5.73. The first-order chi connectivity index (χ1) is 8.18. The number of hydrogen-bond donors (Lipinski definition) is 1. The highest BCUT2D eigenvalue weighted by molar-refractivity contribution is 5.82. The molecule has 2 aliphatic heterocycles. The molecule has 1 N–H and O–H groups in total. The molecule has 6 heteroatoms. The molecule has 2 saturated heterocycles. The Morgan fingerprint density at radius 3 is 2.65 bits per heavy atom. The van der Waals surface area contributed by atoms with E-state index in [1.165, 1.54) is 0 Å². The summed E-state index contributed by atoms with van der Waals surface area (Å²) < 4.78 is 24.8. The van der Waals surface area contributed by atoms with Gasteiger partial charge in [0.05, 0.1) is 12.6 Å². The summed E-state index contributed by atoms with van der Waals surface area (Å²) in [6.07, 6.45) is -0.795. The minimum atomic E-state index is -2.36. The van der Waals surface area contributed by atoms with Crippen LogP contribution in [0.2, 0.25) is 0 Å². The van der Waals surface area contributed by atoms with Crippen LogP contribution in [0.4, 0.5) is 8.78 Å². The van der Waals surface area contributed by atoms with Crippen molar-refractivity contribution in [2.45, 2.75) is 25.3 Å². The topological polar surface area (TPSA) is 35.6 Å². The Bertz CT molecular complexity index is 269. The monoisotopic (exact) mass is 247 g/mol. The summed E-state index contributed by atoms with van der Waals surface area (Å²) in [7, 11) is 0. The van der Waals surface area contributed by atoms with Crippen LogP contribution in [0.3, 0.4) is 0 Å². The molecule has 1 amide bonds. The molecule has 2 rings (SSSR count). The van der Waals surface area contributed by atoms with Crippen molar-refractivity contribution in [1.82, 2.24) is 15.1 Å². The molecule has 0 saturated carbocycles. The Balaban J connectivity index is 1.92. The normalized spacial score (nSPS) is 26.8. The first kappa shape index (κ1) is 12.7. The van der Waals surface area contributed by atoms with Gasteiger partial charge in [0, 0.05) is 26.2 Å². The van der Waals surface area contributed by atoms with E-state index in [9.17, 15) is 13.6 Å². The minimum absolute atomic E-state index is 0.0321. The SMILES string of the molecule is O=C(C1CCCN1CC(F)F)N1CCNCC1.